The van der Waals surface area contributed by atoms with Crippen LogP contribution >= 0.6 is 0 Å². The standard InChI is InChI=1S/C14H20FNO3/c15-12-3-1-2-4-13(12)19-8-11(18)7-16-9-14(10-17)5-6-14/h1-4,11,16-18H,5-10H2. The van der Waals surface area contributed by atoms with Crippen molar-refractivity contribution in [3.05, 3.63) is 30.1 Å². The first-order valence-corrected chi connectivity index (χ1v) is 6.52. The second-order valence-corrected chi connectivity index (χ2v) is 5.18. The zero-order chi connectivity index (χ0) is 13.7. The van der Waals surface area contributed by atoms with Gasteiger partial charge < -0.3 is 20.3 Å². The smallest absolute Gasteiger partial charge is 0.165 e. The molecule has 0 radical (unpaired) electrons. The minimum absolute atomic E-state index is 0.0200. The molecule has 4 nitrogen and oxygen atoms in total. The molecule has 5 heteroatoms. The van der Waals surface area contributed by atoms with Gasteiger partial charge in [0.2, 0.25) is 0 Å². The molecule has 3 N–H and O–H groups in total. The number of aliphatic hydroxyl groups is 2. The Balaban J connectivity index is 1.65. The summed E-state index contributed by atoms with van der Waals surface area (Å²) in [5.41, 5.74) is 0.0200. The number of hydrogen-bond donors (Lipinski definition) is 3. The van der Waals surface area contributed by atoms with Gasteiger partial charge in [0, 0.05) is 25.1 Å². The van der Waals surface area contributed by atoms with Gasteiger partial charge in [-0.3, -0.25) is 0 Å². The summed E-state index contributed by atoms with van der Waals surface area (Å²) in [7, 11) is 0. The fourth-order valence-electron chi connectivity index (χ4n) is 1.88. The quantitative estimate of drug-likeness (QED) is 0.657. The van der Waals surface area contributed by atoms with Crippen LogP contribution in [0.15, 0.2) is 24.3 Å². The fraction of sp³-hybridized carbons (Fsp3) is 0.571. The monoisotopic (exact) mass is 269 g/mol. The van der Waals surface area contributed by atoms with Crippen molar-refractivity contribution < 1.29 is 19.3 Å². The molecule has 1 fully saturated rings. The Morgan fingerprint density at radius 2 is 2.11 bits per heavy atom. The Morgan fingerprint density at radius 1 is 1.37 bits per heavy atom. The van der Waals surface area contributed by atoms with Crippen molar-refractivity contribution >= 4 is 0 Å². The van der Waals surface area contributed by atoms with E-state index in [1.165, 1.54) is 12.1 Å². The van der Waals surface area contributed by atoms with Gasteiger partial charge in [-0.05, 0) is 25.0 Å². The van der Waals surface area contributed by atoms with Crippen molar-refractivity contribution in [1.29, 1.82) is 0 Å². The number of para-hydroxylation sites is 1. The Hall–Kier alpha value is -1.17. The molecule has 1 atom stereocenters. The van der Waals surface area contributed by atoms with Gasteiger partial charge in [-0.25, -0.2) is 4.39 Å². The van der Waals surface area contributed by atoms with Crippen molar-refractivity contribution in [2.45, 2.75) is 18.9 Å². The summed E-state index contributed by atoms with van der Waals surface area (Å²) < 4.78 is 18.5. The summed E-state index contributed by atoms with van der Waals surface area (Å²) in [5.74, 6) is -0.282. The SMILES string of the molecule is OCC1(CNCC(O)COc2ccccc2F)CC1. The molecule has 2 rings (SSSR count). The van der Waals surface area contributed by atoms with Crippen LogP contribution in [0.3, 0.4) is 0 Å². The zero-order valence-corrected chi connectivity index (χ0v) is 10.8. The molecule has 0 bridgehead atoms. The third-order valence-electron chi connectivity index (χ3n) is 3.44. The van der Waals surface area contributed by atoms with Crippen molar-refractivity contribution in [2.75, 3.05) is 26.3 Å². The molecule has 1 unspecified atom stereocenters. The molecule has 0 spiro atoms. The zero-order valence-electron chi connectivity index (χ0n) is 10.8. The van der Waals surface area contributed by atoms with Gasteiger partial charge >= 0.3 is 0 Å². The summed E-state index contributed by atoms with van der Waals surface area (Å²) in [6.45, 7) is 1.29. The van der Waals surface area contributed by atoms with E-state index in [0.29, 0.717) is 13.1 Å². The van der Waals surface area contributed by atoms with Crippen molar-refractivity contribution in [2.24, 2.45) is 5.41 Å². The van der Waals surface area contributed by atoms with E-state index >= 15 is 0 Å². The maximum Gasteiger partial charge on any atom is 0.165 e. The lowest BCUT2D eigenvalue weighted by Crippen LogP contribution is -2.35. The maximum absolute atomic E-state index is 13.3. The number of ether oxygens (including phenoxy) is 1. The Morgan fingerprint density at radius 3 is 2.74 bits per heavy atom. The van der Waals surface area contributed by atoms with Crippen LogP contribution in [-0.4, -0.2) is 42.6 Å². The number of aliphatic hydroxyl groups excluding tert-OH is 2. The van der Waals surface area contributed by atoms with Crippen LogP contribution in [0.1, 0.15) is 12.8 Å². The first-order chi connectivity index (χ1) is 9.15. The lowest BCUT2D eigenvalue weighted by molar-refractivity contribution is 0.101. The molecular formula is C14H20FNO3. The van der Waals surface area contributed by atoms with Crippen LogP contribution in [0.2, 0.25) is 0 Å². The average molecular weight is 269 g/mol. The summed E-state index contributed by atoms with van der Waals surface area (Å²) in [6.07, 6.45) is 1.35. The van der Waals surface area contributed by atoms with Gasteiger partial charge in [0.25, 0.3) is 0 Å². The minimum atomic E-state index is -0.700. The summed E-state index contributed by atoms with van der Waals surface area (Å²) in [6, 6.07) is 6.11. The predicted octanol–water partition coefficient (Wildman–Crippen LogP) is 0.927. The van der Waals surface area contributed by atoms with Gasteiger partial charge in [-0.1, -0.05) is 12.1 Å². The van der Waals surface area contributed by atoms with Crippen molar-refractivity contribution in [3.8, 4) is 5.75 Å². The Labute approximate surface area is 112 Å². The van der Waals surface area contributed by atoms with E-state index in [2.05, 4.69) is 5.32 Å². The van der Waals surface area contributed by atoms with Crippen LogP contribution in [0, 0.1) is 11.2 Å². The number of nitrogens with one attached hydrogen (secondary N) is 1. The van der Waals surface area contributed by atoms with Gasteiger partial charge in [0.05, 0.1) is 0 Å². The van der Waals surface area contributed by atoms with Crippen LogP contribution in [-0.2, 0) is 0 Å². The van der Waals surface area contributed by atoms with E-state index in [1.807, 2.05) is 0 Å². The number of halogens is 1. The molecule has 1 aromatic rings. The molecular weight excluding hydrogens is 249 g/mol. The Kier molecular flexibility index (Phi) is 4.74. The molecule has 1 aliphatic carbocycles. The van der Waals surface area contributed by atoms with Crippen LogP contribution in [0.5, 0.6) is 5.75 Å². The molecule has 0 amide bonds. The maximum atomic E-state index is 13.3. The lowest BCUT2D eigenvalue weighted by atomic mass is 10.1. The number of rotatable bonds is 8. The fourth-order valence-corrected chi connectivity index (χ4v) is 1.88. The highest BCUT2D eigenvalue weighted by Crippen LogP contribution is 2.44. The topological polar surface area (TPSA) is 61.7 Å². The Bertz CT molecular complexity index is 409. The summed E-state index contributed by atoms with van der Waals surface area (Å²) in [5, 5.41) is 22.0. The van der Waals surface area contributed by atoms with Gasteiger partial charge in [0.15, 0.2) is 11.6 Å². The van der Waals surface area contributed by atoms with Crippen molar-refractivity contribution in [1.82, 2.24) is 5.32 Å². The second kappa shape index (κ2) is 6.32. The minimum Gasteiger partial charge on any atom is -0.488 e. The largest absolute Gasteiger partial charge is 0.488 e. The molecule has 0 aromatic heterocycles. The highest BCUT2D eigenvalue weighted by atomic mass is 19.1. The molecule has 1 aliphatic rings. The second-order valence-electron chi connectivity index (χ2n) is 5.18. The molecule has 0 saturated heterocycles. The van der Waals surface area contributed by atoms with Crippen molar-refractivity contribution in [3.63, 3.8) is 0 Å². The molecule has 106 valence electrons. The van der Waals surface area contributed by atoms with E-state index in [9.17, 15) is 9.50 Å². The van der Waals surface area contributed by atoms with E-state index in [1.54, 1.807) is 12.1 Å². The average Bonchev–Trinajstić information content (AvgIpc) is 3.18. The summed E-state index contributed by atoms with van der Waals surface area (Å²) >= 11 is 0. The molecule has 0 aliphatic heterocycles. The first kappa shape index (κ1) is 14.2. The first-order valence-electron chi connectivity index (χ1n) is 6.52. The lowest BCUT2D eigenvalue weighted by Gasteiger charge is -2.16. The van der Waals surface area contributed by atoms with E-state index in [-0.39, 0.29) is 24.4 Å². The molecule has 0 heterocycles. The number of hydrogen-bond acceptors (Lipinski definition) is 4. The molecule has 19 heavy (non-hydrogen) atoms. The molecule has 1 aromatic carbocycles. The third kappa shape index (κ3) is 4.16. The van der Waals surface area contributed by atoms with Crippen LogP contribution in [0.4, 0.5) is 4.39 Å². The molecule has 1 saturated carbocycles. The van der Waals surface area contributed by atoms with E-state index < -0.39 is 11.9 Å². The van der Waals surface area contributed by atoms with Gasteiger partial charge in [0.1, 0.15) is 12.7 Å². The van der Waals surface area contributed by atoms with Crippen LogP contribution in [0.25, 0.3) is 0 Å². The van der Waals surface area contributed by atoms with Gasteiger partial charge in [-0.15, -0.1) is 0 Å². The normalized spacial score (nSPS) is 18.1. The van der Waals surface area contributed by atoms with Gasteiger partial charge in [-0.2, -0.15) is 0 Å². The summed E-state index contributed by atoms with van der Waals surface area (Å²) in [4.78, 5) is 0. The number of benzene rings is 1. The van der Waals surface area contributed by atoms with Crippen LogP contribution < -0.4 is 10.1 Å². The third-order valence-corrected chi connectivity index (χ3v) is 3.44. The van der Waals surface area contributed by atoms with E-state index in [4.69, 9.17) is 9.84 Å². The predicted molar refractivity (Wildman–Crippen MR) is 69.5 cm³/mol. The highest BCUT2D eigenvalue weighted by Gasteiger charge is 2.41. The highest BCUT2D eigenvalue weighted by molar-refractivity contribution is 5.23. The van der Waals surface area contributed by atoms with E-state index in [0.717, 1.165) is 12.8 Å².